The Labute approximate surface area is 212 Å². The Morgan fingerprint density at radius 3 is 2.89 bits per heavy atom. The Bertz CT molecular complexity index is 1090. The molecule has 0 radical (unpaired) electrons. The molecule has 6 rings (SSSR count). The number of H-pyrrole nitrogens is 1. The van der Waals surface area contributed by atoms with Crippen molar-refractivity contribution in [3.63, 3.8) is 0 Å². The van der Waals surface area contributed by atoms with Crippen LogP contribution in [0.3, 0.4) is 0 Å². The van der Waals surface area contributed by atoms with Gasteiger partial charge in [-0.15, -0.1) is 0 Å². The summed E-state index contributed by atoms with van der Waals surface area (Å²) in [5.74, 6) is 1.05. The number of aryl methyl sites for hydroxylation is 1. The van der Waals surface area contributed by atoms with Gasteiger partial charge in [0.1, 0.15) is 5.82 Å². The minimum Gasteiger partial charge on any atom is -0.505 e. The van der Waals surface area contributed by atoms with Gasteiger partial charge < -0.3 is 14.8 Å². The van der Waals surface area contributed by atoms with Gasteiger partial charge in [-0.25, -0.2) is 14.8 Å². The highest BCUT2D eigenvalue weighted by Gasteiger charge is 2.43. The van der Waals surface area contributed by atoms with Crippen LogP contribution in [0.4, 0.5) is 4.39 Å². The minimum absolute atomic E-state index is 0.172. The van der Waals surface area contributed by atoms with E-state index in [1.165, 1.54) is 11.4 Å². The molecular formula is C27H39FN6O2. The van der Waals surface area contributed by atoms with Crippen molar-refractivity contribution in [1.82, 2.24) is 30.6 Å². The topological polar surface area (TPSA) is 88.7 Å². The van der Waals surface area contributed by atoms with E-state index in [1.54, 1.807) is 19.2 Å². The number of benzene rings is 1. The van der Waals surface area contributed by atoms with Gasteiger partial charge in [0.2, 0.25) is 0 Å². The molecule has 1 aromatic carbocycles. The normalized spacial score (nSPS) is 29.2. The summed E-state index contributed by atoms with van der Waals surface area (Å²) in [6, 6.07) is 4.29. The van der Waals surface area contributed by atoms with E-state index in [2.05, 4.69) is 32.6 Å². The van der Waals surface area contributed by atoms with Gasteiger partial charge in [-0.2, -0.15) is 0 Å². The SMILES string of the molecule is CCc1cc(O)c(F)cc1C1CCC2C(C1)NNC2c1nc2c([nH]1)CN(C1CN(CCOC)C1)CC2. The van der Waals surface area contributed by atoms with Gasteiger partial charge in [0.15, 0.2) is 11.6 Å². The second kappa shape index (κ2) is 10.0. The summed E-state index contributed by atoms with van der Waals surface area (Å²) < 4.78 is 19.4. The Balaban J connectivity index is 1.09. The first-order valence-electron chi connectivity index (χ1n) is 13.6. The number of methoxy groups -OCH3 is 1. The molecule has 4 N–H and O–H groups in total. The number of aromatic amines is 1. The quantitative estimate of drug-likeness (QED) is 0.467. The van der Waals surface area contributed by atoms with Gasteiger partial charge in [-0.3, -0.25) is 15.2 Å². The van der Waals surface area contributed by atoms with Crippen molar-refractivity contribution in [2.24, 2.45) is 5.92 Å². The molecule has 4 unspecified atom stereocenters. The molecule has 4 heterocycles. The fraction of sp³-hybridized carbons (Fsp3) is 0.667. The van der Waals surface area contributed by atoms with E-state index in [1.807, 2.05) is 0 Å². The number of nitrogens with one attached hydrogen (secondary N) is 3. The second-order valence-electron chi connectivity index (χ2n) is 11.1. The van der Waals surface area contributed by atoms with Crippen molar-refractivity contribution in [1.29, 1.82) is 0 Å². The summed E-state index contributed by atoms with van der Waals surface area (Å²) in [5, 5.41) is 9.82. The zero-order chi connectivity index (χ0) is 24.8. The van der Waals surface area contributed by atoms with E-state index in [0.717, 1.165) is 88.4 Å². The van der Waals surface area contributed by atoms with Crippen LogP contribution in [-0.2, 0) is 24.1 Å². The molecule has 0 amide bonds. The monoisotopic (exact) mass is 498 g/mol. The number of likely N-dealkylation sites (tertiary alicyclic amines) is 1. The van der Waals surface area contributed by atoms with Crippen LogP contribution in [0.2, 0.25) is 0 Å². The molecule has 196 valence electrons. The molecule has 1 aliphatic carbocycles. The first kappa shape index (κ1) is 24.3. The number of phenols is 1. The summed E-state index contributed by atoms with van der Waals surface area (Å²) in [7, 11) is 1.76. The maximum Gasteiger partial charge on any atom is 0.165 e. The summed E-state index contributed by atoms with van der Waals surface area (Å²) in [6.45, 7) is 8.17. The van der Waals surface area contributed by atoms with E-state index in [0.29, 0.717) is 23.9 Å². The highest BCUT2D eigenvalue weighted by Crippen LogP contribution is 2.44. The Morgan fingerprint density at radius 1 is 1.22 bits per heavy atom. The average Bonchev–Trinajstić information content (AvgIpc) is 3.47. The number of aromatic nitrogens is 2. The van der Waals surface area contributed by atoms with Crippen LogP contribution in [0.15, 0.2) is 12.1 Å². The lowest BCUT2D eigenvalue weighted by molar-refractivity contribution is 0.0111. The zero-order valence-electron chi connectivity index (χ0n) is 21.4. The largest absolute Gasteiger partial charge is 0.505 e. The van der Waals surface area contributed by atoms with Crippen molar-refractivity contribution < 1.29 is 14.2 Å². The standard InChI is InChI=1S/C27H39FN6O2/c1-3-16-11-25(35)21(28)12-20(16)17-4-5-19-23(10-17)31-32-26(19)27-29-22-6-7-34(15-24(22)30-27)18-13-33(14-18)8-9-36-2/h11-12,17-19,23,26,31-32,35H,3-10,13-15H2,1-2H3,(H,29,30). The number of imidazole rings is 1. The molecule has 8 nitrogen and oxygen atoms in total. The highest BCUT2D eigenvalue weighted by molar-refractivity contribution is 5.39. The number of nitrogens with zero attached hydrogens (tertiary/aromatic N) is 3. The Hall–Kier alpha value is -2.04. The molecule has 3 aliphatic heterocycles. The number of ether oxygens (including phenoxy) is 1. The molecule has 2 aromatic rings. The third kappa shape index (κ3) is 4.45. The molecule has 3 fully saturated rings. The fourth-order valence-electron chi connectivity index (χ4n) is 6.90. The molecule has 0 spiro atoms. The van der Waals surface area contributed by atoms with Crippen molar-refractivity contribution in [2.45, 2.75) is 69.6 Å². The maximum atomic E-state index is 14.2. The van der Waals surface area contributed by atoms with Crippen LogP contribution in [0.5, 0.6) is 5.75 Å². The molecule has 36 heavy (non-hydrogen) atoms. The second-order valence-corrected chi connectivity index (χ2v) is 11.1. The molecule has 4 atom stereocenters. The predicted molar refractivity (Wildman–Crippen MR) is 135 cm³/mol. The fourth-order valence-corrected chi connectivity index (χ4v) is 6.90. The predicted octanol–water partition coefficient (Wildman–Crippen LogP) is 2.61. The lowest BCUT2D eigenvalue weighted by Crippen LogP contribution is -2.60. The highest BCUT2D eigenvalue weighted by atomic mass is 19.1. The number of halogens is 1. The first-order valence-corrected chi connectivity index (χ1v) is 13.6. The van der Waals surface area contributed by atoms with Crippen molar-refractivity contribution in [2.75, 3.05) is 39.9 Å². The Morgan fingerprint density at radius 2 is 2.08 bits per heavy atom. The number of hydrogen-bond donors (Lipinski definition) is 4. The van der Waals surface area contributed by atoms with Gasteiger partial charge in [0.25, 0.3) is 0 Å². The van der Waals surface area contributed by atoms with Gasteiger partial charge >= 0.3 is 0 Å². The van der Waals surface area contributed by atoms with Gasteiger partial charge in [-0.1, -0.05) is 6.92 Å². The van der Waals surface area contributed by atoms with Crippen molar-refractivity contribution in [3.05, 3.63) is 46.3 Å². The molecule has 1 saturated carbocycles. The van der Waals surface area contributed by atoms with Crippen LogP contribution >= 0.6 is 0 Å². The van der Waals surface area contributed by atoms with Crippen LogP contribution in [0.25, 0.3) is 0 Å². The molecule has 4 aliphatic rings. The number of phenolic OH excluding ortho intramolecular Hbond substituents is 1. The number of rotatable bonds is 7. The first-order chi connectivity index (χ1) is 17.5. The van der Waals surface area contributed by atoms with E-state index >= 15 is 0 Å². The lowest BCUT2D eigenvalue weighted by Gasteiger charge is -2.46. The van der Waals surface area contributed by atoms with Crippen LogP contribution < -0.4 is 10.9 Å². The van der Waals surface area contributed by atoms with E-state index in [4.69, 9.17) is 9.72 Å². The van der Waals surface area contributed by atoms with Gasteiger partial charge in [0, 0.05) is 58.3 Å². The minimum atomic E-state index is -0.514. The van der Waals surface area contributed by atoms with Crippen LogP contribution in [0.1, 0.15) is 66.5 Å². The van der Waals surface area contributed by atoms with Gasteiger partial charge in [0.05, 0.1) is 24.0 Å². The zero-order valence-corrected chi connectivity index (χ0v) is 21.4. The maximum absolute atomic E-state index is 14.2. The summed E-state index contributed by atoms with van der Waals surface area (Å²) in [5.41, 5.74) is 11.7. The number of hydrogen-bond acceptors (Lipinski definition) is 7. The van der Waals surface area contributed by atoms with Crippen molar-refractivity contribution in [3.8, 4) is 5.75 Å². The molecule has 9 heteroatoms. The summed E-state index contributed by atoms with van der Waals surface area (Å²) in [6.07, 6.45) is 4.84. The molecular weight excluding hydrogens is 459 g/mol. The van der Waals surface area contributed by atoms with E-state index < -0.39 is 5.82 Å². The Kier molecular flexibility index (Phi) is 6.77. The van der Waals surface area contributed by atoms with Crippen molar-refractivity contribution >= 4 is 0 Å². The van der Waals surface area contributed by atoms with E-state index in [9.17, 15) is 9.50 Å². The summed E-state index contributed by atoms with van der Waals surface area (Å²) >= 11 is 0. The van der Waals surface area contributed by atoms with E-state index in [-0.39, 0.29) is 11.8 Å². The van der Waals surface area contributed by atoms with Crippen LogP contribution in [0, 0.1) is 11.7 Å². The number of fused-ring (bicyclic) bond motifs is 2. The number of aromatic hydroxyl groups is 1. The summed E-state index contributed by atoms with van der Waals surface area (Å²) in [4.78, 5) is 13.8. The third-order valence-corrected chi connectivity index (χ3v) is 9.03. The molecule has 0 bridgehead atoms. The smallest absolute Gasteiger partial charge is 0.165 e. The average molecular weight is 499 g/mol. The number of hydrazine groups is 1. The lowest BCUT2D eigenvalue weighted by atomic mass is 9.73. The third-order valence-electron chi connectivity index (χ3n) is 9.03. The van der Waals surface area contributed by atoms with Gasteiger partial charge in [-0.05, 0) is 60.8 Å². The van der Waals surface area contributed by atoms with Crippen LogP contribution in [-0.4, -0.2) is 76.9 Å². The molecule has 2 saturated heterocycles. The molecule has 1 aromatic heterocycles.